The molecule has 0 aromatic heterocycles. The molecule has 7 nitrogen and oxygen atoms in total. The van der Waals surface area contributed by atoms with Crippen molar-refractivity contribution in [1.82, 2.24) is 9.80 Å². The Kier molecular flexibility index (Phi) is 6.79. The van der Waals surface area contributed by atoms with Crippen molar-refractivity contribution >= 4 is 35.1 Å². The molecule has 2 heterocycles. The first-order valence-electron chi connectivity index (χ1n) is 14.1. The number of esters is 1. The number of hydrogen-bond donors (Lipinski definition) is 1. The first-order chi connectivity index (χ1) is 19.0. The topological polar surface area (TPSA) is 79.3 Å². The second-order valence-corrected chi connectivity index (χ2v) is 13.2. The Morgan fingerprint density at radius 1 is 1.20 bits per heavy atom. The third kappa shape index (κ3) is 3.95. The molecule has 5 atom stereocenters. The Labute approximate surface area is 245 Å². The van der Waals surface area contributed by atoms with E-state index in [9.17, 15) is 14.7 Å². The predicted molar refractivity (Wildman–Crippen MR) is 153 cm³/mol. The monoisotopic (exact) mass is 586 g/mol. The van der Waals surface area contributed by atoms with Crippen LogP contribution in [0.5, 0.6) is 11.5 Å². The molecule has 1 amide bonds. The Morgan fingerprint density at radius 3 is 2.67 bits per heavy atom. The van der Waals surface area contributed by atoms with Crippen LogP contribution < -0.4 is 4.74 Å². The van der Waals surface area contributed by atoms with Gasteiger partial charge in [0.1, 0.15) is 11.7 Å². The third-order valence-corrected chi connectivity index (χ3v) is 10.3. The molecule has 1 spiro atoms. The minimum Gasteiger partial charge on any atom is -0.504 e. The van der Waals surface area contributed by atoms with E-state index in [1.54, 1.807) is 18.2 Å². The van der Waals surface area contributed by atoms with E-state index >= 15 is 0 Å². The van der Waals surface area contributed by atoms with E-state index in [0.29, 0.717) is 48.0 Å². The van der Waals surface area contributed by atoms with Gasteiger partial charge in [0.25, 0.3) is 0 Å². The number of likely N-dealkylation sites (tertiary alicyclic amines) is 1. The summed E-state index contributed by atoms with van der Waals surface area (Å²) in [6.07, 6.45) is 2.36. The lowest BCUT2D eigenvalue weighted by molar-refractivity contribution is -0.222. The molecule has 4 aliphatic rings. The molecule has 6 rings (SSSR count). The number of ether oxygens (including phenoxy) is 2. The van der Waals surface area contributed by atoms with E-state index in [4.69, 9.17) is 32.7 Å². The SMILES string of the molecule is CC(=O)O[C@@]12CC[C@H](N(CC(C)C)C(=O)Cc3ccc(Cl)c(Cl)c3)[C@@H]3Oc4c(O)ccc5c4[C@@]31CCN(C)[C@@H]2C5. The molecule has 2 fully saturated rings. The fourth-order valence-corrected chi connectivity index (χ4v) is 8.54. The second-order valence-electron chi connectivity index (χ2n) is 12.4. The lowest BCUT2D eigenvalue weighted by Crippen LogP contribution is -2.79. The largest absolute Gasteiger partial charge is 0.504 e. The maximum absolute atomic E-state index is 14.1. The highest BCUT2D eigenvalue weighted by Crippen LogP contribution is 2.67. The van der Waals surface area contributed by atoms with E-state index in [-0.39, 0.29) is 42.0 Å². The van der Waals surface area contributed by atoms with Crippen LogP contribution in [0.1, 0.15) is 56.7 Å². The van der Waals surface area contributed by atoms with Gasteiger partial charge in [-0.05, 0) is 74.5 Å². The summed E-state index contributed by atoms with van der Waals surface area (Å²) in [4.78, 5) is 31.0. The van der Waals surface area contributed by atoms with Gasteiger partial charge in [-0.2, -0.15) is 0 Å². The van der Waals surface area contributed by atoms with Crippen molar-refractivity contribution in [3.05, 3.63) is 57.1 Å². The van der Waals surface area contributed by atoms with Crippen LogP contribution in [-0.2, 0) is 32.6 Å². The van der Waals surface area contributed by atoms with Crippen molar-refractivity contribution in [2.45, 2.75) is 82.1 Å². The number of phenols is 1. The van der Waals surface area contributed by atoms with Gasteiger partial charge in [0.05, 0.1) is 34.0 Å². The van der Waals surface area contributed by atoms with E-state index in [0.717, 1.165) is 23.2 Å². The van der Waals surface area contributed by atoms with Crippen LogP contribution >= 0.6 is 23.2 Å². The van der Waals surface area contributed by atoms with Crippen LogP contribution in [-0.4, -0.2) is 70.7 Å². The van der Waals surface area contributed by atoms with Crippen molar-refractivity contribution in [2.75, 3.05) is 20.1 Å². The van der Waals surface area contributed by atoms with Gasteiger partial charge in [-0.1, -0.05) is 49.2 Å². The quantitative estimate of drug-likeness (QED) is 0.472. The number of piperidine rings is 1. The first kappa shape index (κ1) is 27.7. The molecule has 2 bridgehead atoms. The van der Waals surface area contributed by atoms with Crippen molar-refractivity contribution in [3.8, 4) is 11.5 Å². The summed E-state index contributed by atoms with van der Waals surface area (Å²) in [6, 6.07) is 8.70. The molecular weight excluding hydrogens is 551 g/mol. The van der Waals surface area contributed by atoms with Gasteiger partial charge in [-0.25, -0.2) is 0 Å². The van der Waals surface area contributed by atoms with Gasteiger partial charge in [0.15, 0.2) is 11.5 Å². The standard InChI is InChI=1S/C31H36Cl2N2O5/c1-17(2)16-35(26(38)14-19-5-7-21(32)22(33)13-19)23-9-10-31(40-18(3)36)25-15-20-6-8-24(37)28-27(20)30(31,29(23)39-28)11-12-34(25)4/h5-8,13,17,23,25,29,37H,9-12,14-16H2,1-4H3/t23-,25+,29-,30-,31+/m0/s1. The minimum atomic E-state index is -0.810. The highest BCUT2D eigenvalue weighted by molar-refractivity contribution is 6.42. The summed E-state index contributed by atoms with van der Waals surface area (Å²) in [5, 5.41) is 11.9. The molecule has 0 radical (unpaired) electrons. The molecular formula is C31H36Cl2N2O5. The Morgan fingerprint density at radius 2 is 1.98 bits per heavy atom. The fourth-order valence-electron chi connectivity index (χ4n) is 8.22. The lowest BCUT2D eigenvalue weighted by atomic mass is 9.48. The zero-order valence-electron chi connectivity index (χ0n) is 23.4. The fraction of sp³-hybridized carbons (Fsp3) is 0.548. The average Bonchev–Trinajstić information content (AvgIpc) is 3.24. The zero-order chi connectivity index (χ0) is 28.6. The molecule has 2 aliphatic carbocycles. The van der Waals surface area contributed by atoms with Crippen molar-refractivity contribution in [1.29, 1.82) is 0 Å². The molecule has 2 aromatic rings. The first-order valence-corrected chi connectivity index (χ1v) is 14.9. The summed E-state index contributed by atoms with van der Waals surface area (Å²) in [7, 11) is 2.10. The summed E-state index contributed by atoms with van der Waals surface area (Å²) in [5.74, 6) is 0.462. The van der Waals surface area contributed by atoms with E-state index in [1.807, 2.05) is 17.0 Å². The van der Waals surface area contributed by atoms with Gasteiger partial charge in [-0.15, -0.1) is 0 Å². The van der Waals surface area contributed by atoms with Crippen LogP contribution in [0.2, 0.25) is 10.0 Å². The molecule has 1 saturated carbocycles. The highest BCUT2D eigenvalue weighted by atomic mass is 35.5. The molecule has 9 heteroatoms. The highest BCUT2D eigenvalue weighted by Gasteiger charge is 2.75. The van der Waals surface area contributed by atoms with Crippen LogP contribution in [0, 0.1) is 5.92 Å². The maximum Gasteiger partial charge on any atom is 0.303 e. The zero-order valence-corrected chi connectivity index (χ0v) is 24.9. The molecule has 2 aliphatic heterocycles. The third-order valence-electron chi connectivity index (χ3n) is 9.61. The second kappa shape index (κ2) is 9.81. The molecule has 1 saturated heterocycles. The lowest BCUT2D eigenvalue weighted by Gasteiger charge is -2.65. The van der Waals surface area contributed by atoms with E-state index in [1.165, 1.54) is 6.92 Å². The molecule has 2 aromatic carbocycles. The van der Waals surface area contributed by atoms with Crippen molar-refractivity contribution in [2.24, 2.45) is 5.92 Å². The summed E-state index contributed by atoms with van der Waals surface area (Å²) >= 11 is 12.4. The van der Waals surface area contributed by atoms with E-state index < -0.39 is 17.1 Å². The Balaban J connectivity index is 1.46. The van der Waals surface area contributed by atoms with Gasteiger partial charge in [0, 0.05) is 19.0 Å². The number of nitrogens with zero attached hydrogens (tertiary/aromatic N) is 2. The Bertz CT molecular complexity index is 1380. The molecule has 1 N–H and O–H groups in total. The number of carbonyl (C=O) groups is 2. The number of amides is 1. The van der Waals surface area contributed by atoms with Crippen LogP contribution in [0.25, 0.3) is 0 Å². The average molecular weight is 588 g/mol. The van der Waals surface area contributed by atoms with Gasteiger partial charge < -0.3 is 19.5 Å². The molecule has 214 valence electrons. The van der Waals surface area contributed by atoms with E-state index in [2.05, 4.69) is 25.8 Å². The number of carbonyl (C=O) groups excluding carboxylic acids is 2. The molecule has 40 heavy (non-hydrogen) atoms. The summed E-state index contributed by atoms with van der Waals surface area (Å²) < 4.78 is 13.2. The van der Waals surface area contributed by atoms with Crippen LogP contribution in [0.4, 0.5) is 0 Å². The predicted octanol–water partition coefficient (Wildman–Crippen LogP) is 5.15. The number of phenolic OH excluding ortho intramolecular Hbond substituents is 1. The van der Waals surface area contributed by atoms with Crippen LogP contribution in [0.3, 0.4) is 0 Å². The minimum absolute atomic E-state index is 0.0160. The number of rotatable bonds is 6. The van der Waals surface area contributed by atoms with Gasteiger partial charge >= 0.3 is 5.97 Å². The van der Waals surface area contributed by atoms with Crippen LogP contribution in [0.15, 0.2) is 30.3 Å². The smallest absolute Gasteiger partial charge is 0.303 e. The number of benzene rings is 2. The summed E-state index contributed by atoms with van der Waals surface area (Å²) in [6.45, 7) is 7.03. The van der Waals surface area contributed by atoms with Gasteiger partial charge in [-0.3, -0.25) is 14.5 Å². The summed E-state index contributed by atoms with van der Waals surface area (Å²) in [5.41, 5.74) is 1.40. The number of halogens is 2. The van der Waals surface area contributed by atoms with Gasteiger partial charge in [0.2, 0.25) is 5.91 Å². The number of likely N-dealkylation sites (N-methyl/N-ethyl adjacent to an activating group) is 1. The van der Waals surface area contributed by atoms with Crippen molar-refractivity contribution in [3.63, 3.8) is 0 Å². The molecule has 0 unspecified atom stereocenters. The maximum atomic E-state index is 14.1. The number of aromatic hydroxyl groups is 1. The Hall–Kier alpha value is -2.48. The number of hydrogen-bond acceptors (Lipinski definition) is 6. The normalized spacial score (nSPS) is 30.0. The van der Waals surface area contributed by atoms with Crippen molar-refractivity contribution < 1.29 is 24.2 Å².